The van der Waals surface area contributed by atoms with E-state index in [0.717, 1.165) is 5.56 Å². The first-order chi connectivity index (χ1) is 17.3. The van der Waals surface area contributed by atoms with Crippen LogP contribution in [-0.2, 0) is 24.2 Å². The Morgan fingerprint density at radius 2 is 1.76 bits per heavy atom. The van der Waals surface area contributed by atoms with Gasteiger partial charge >= 0.3 is 5.97 Å². The minimum Gasteiger partial charge on any atom is -0.481 e. The van der Waals surface area contributed by atoms with Gasteiger partial charge in [-0.2, -0.15) is 0 Å². The predicted molar refractivity (Wildman–Crippen MR) is 145 cm³/mol. The average Bonchev–Trinajstić information content (AvgIpc) is 2.83. The molecule has 0 aromatic heterocycles. The number of morpholine rings is 1. The third-order valence-corrected chi connectivity index (χ3v) is 10.4. The second-order valence-electron chi connectivity index (χ2n) is 10.0. The van der Waals surface area contributed by atoms with Gasteiger partial charge in [-0.1, -0.05) is 54.4 Å². The monoisotopic (exact) mass is 569 g/mol. The Hall–Kier alpha value is -2.13. The lowest BCUT2D eigenvalue weighted by molar-refractivity contribution is -0.182. The number of hydrogen-bond acceptors (Lipinski definition) is 5. The third kappa shape index (κ3) is 6.66. The number of hydrogen-bond donors (Lipinski definition) is 1. The van der Waals surface area contributed by atoms with E-state index in [2.05, 4.69) is 0 Å². The van der Waals surface area contributed by atoms with Crippen LogP contribution in [0.15, 0.2) is 48.5 Å². The SMILES string of the molecule is CCC(C)(C)S(=O)(=O)CC[C@H](C)N1C(=O)[C@@H](CC(=O)O)O[C@H](c2cccc(Cl)c2)[C@H]1c1ccc(Cl)cc1. The summed E-state index contributed by atoms with van der Waals surface area (Å²) in [6.07, 6.45) is -1.85. The van der Waals surface area contributed by atoms with Gasteiger partial charge in [0.05, 0.1) is 23.0 Å². The van der Waals surface area contributed by atoms with Gasteiger partial charge in [0.15, 0.2) is 9.84 Å². The summed E-state index contributed by atoms with van der Waals surface area (Å²) < 4.78 is 31.3. The number of carbonyl (C=O) groups is 2. The Bertz CT molecular complexity index is 1230. The normalized spacial score (nSPS) is 21.6. The zero-order valence-corrected chi connectivity index (χ0v) is 23.7. The maximum Gasteiger partial charge on any atom is 0.306 e. The fourth-order valence-corrected chi connectivity index (χ4v) is 6.41. The first-order valence-corrected chi connectivity index (χ1v) is 14.6. The molecule has 0 spiro atoms. The molecule has 1 amide bonds. The summed E-state index contributed by atoms with van der Waals surface area (Å²) in [5, 5.41) is 10.5. The summed E-state index contributed by atoms with van der Waals surface area (Å²) in [7, 11) is -3.45. The Balaban J connectivity index is 2.09. The van der Waals surface area contributed by atoms with Crippen molar-refractivity contribution in [1.82, 2.24) is 4.90 Å². The molecule has 37 heavy (non-hydrogen) atoms. The van der Waals surface area contributed by atoms with Gasteiger partial charge in [-0.15, -0.1) is 0 Å². The van der Waals surface area contributed by atoms with Gasteiger partial charge in [0.25, 0.3) is 5.91 Å². The van der Waals surface area contributed by atoms with Gasteiger partial charge in [-0.3, -0.25) is 9.59 Å². The van der Waals surface area contributed by atoms with Gasteiger partial charge < -0.3 is 14.7 Å². The number of sulfone groups is 1. The number of carboxylic acids is 1. The molecule has 202 valence electrons. The highest BCUT2D eigenvalue weighted by Crippen LogP contribution is 2.44. The molecular weight excluding hydrogens is 537 g/mol. The number of halogens is 2. The zero-order chi connectivity index (χ0) is 27.5. The molecule has 7 nitrogen and oxygen atoms in total. The van der Waals surface area contributed by atoms with E-state index in [0.29, 0.717) is 22.0 Å². The minimum atomic E-state index is -3.45. The van der Waals surface area contributed by atoms with Crippen molar-refractivity contribution in [2.75, 3.05) is 5.75 Å². The van der Waals surface area contributed by atoms with Crippen molar-refractivity contribution in [2.45, 2.75) is 76.0 Å². The van der Waals surface area contributed by atoms with Crippen LogP contribution in [0.1, 0.15) is 70.2 Å². The molecule has 10 heteroatoms. The fraction of sp³-hybridized carbons (Fsp3) is 0.481. The van der Waals surface area contributed by atoms with E-state index in [4.69, 9.17) is 27.9 Å². The maximum atomic E-state index is 13.7. The van der Waals surface area contributed by atoms with E-state index in [1.165, 1.54) is 0 Å². The van der Waals surface area contributed by atoms with Crippen molar-refractivity contribution in [3.05, 3.63) is 69.7 Å². The molecule has 1 fully saturated rings. The summed E-state index contributed by atoms with van der Waals surface area (Å²) in [5.41, 5.74) is 1.40. The molecule has 0 unspecified atom stereocenters. The first-order valence-electron chi connectivity index (χ1n) is 12.2. The molecule has 1 saturated heterocycles. The Kier molecular flexibility index (Phi) is 9.32. The van der Waals surface area contributed by atoms with Crippen LogP contribution in [0.4, 0.5) is 0 Å². The first kappa shape index (κ1) is 29.4. The molecule has 3 rings (SSSR count). The van der Waals surface area contributed by atoms with Crippen molar-refractivity contribution in [1.29, 1.82) is 0 Å². The third-order valence-electron chi connectivity index (χ3n) is 7.15. The summed E-state index contributed by atoms with van der Waals surface area (Å²) in [4.78, 5) is 26.9. The Morgan fingerprint density at radius 1 is 1.11 bits per heavy atom. The number of nitrogens with zero attached hydrogens (tertiary/aromatic N) is 1. The summed E-state index contributed by atoms with van der Waals surface area (Å²) in [6, 6.07) is 12.8. The predicted octanol–water partition coefficient (Wildman–Crippen LogP) is 5.86. The molecule has 0 bridgehead atoms. The lowest BCUT2D eigenvalue weighted by Gasteiger charge is -2.47. The molecule has 2 aromatic rings. The molecule has 0 aliphatic carbocycles. The van der Waals surface area contributed by atoms with Crippen LogP contribution < -0.4 is 0 Å². The summed E-state index contributed by atoms with van der Waals surface area (Å²) in [5.74, 6) is -1.79. The molecule has 1 aliphatic rings. The van der Waals surface area contributed by atoms with E-state index < -0.39 is 57.2 Å². The number of carbonyl (C=O) groups excluding carboxylic acids is 1. The second-order valence-corrected chi connectivity index (χ2v) is 13.6. The van der Waals surface area contributed by atoms with Crippen molar-refractivity contribution >= 4 is 44.9 Å². The van der Waals surface area contributed by atoms with E-state index >= 15 is 0 Å². The fourth-order valence-electron chi connectivity index (χ4n) is 4.44. The Morgan fingerprint density at radius 3 is 2.32 bits per heavy atom. The molecule has 1 aliphatic heterocycles. The smallest absolute Gasteiger partial charge is 0.306 e. The van der Waals surface area contributed by atoms with Gasteiger partial charge in [-0.25, -0.2) is 8.42 Å². The average molecular weight is 571 g/mol. The molecule has 1 heterocycles. The lowest BCUT2D eigenvalue weighted by atomic mass is 9.89. The van der Waals surface area contributed by atoms with E-state index in [-0.39, 0.29) is 12.2 Å². The van der Waals surface area contributed by atoms with E-state index in [1.807, 2.05) is 13.0 Å². The Labute approximate surface area is 228 Å². The quantitative estimate of drug-likeness (QED) is 0.384. The number of amides is 1. The summed E-state index contributed by atoms with van der Waals surface area (Å²) >= 11 is 12.4. The van der Waals surface area contributed by atoms with Crippen LogP contribution in [-0.4, -0.2) is 52.9 Å². The van der Waals surface area contributed by atoms with E-state index in [9.17, 15) is 23.1 Å². The van der Waals surface area contributed by atoms with Crippen molar-refractivity contribution < 1.29 is 27.9 Å². The minimum absolute atomic E-state index is 0.113. The van der Waals surface area contributed by atoms with Crippen LogP contribution in [0.2, 0.25) is 10.0 Å². The molecule has 0 saturated carbocycles. The van der Waals surface area contributed by atoms with Crippen LogP contribution >= 0.6 is 23.2 Å². The van der Waals surface area contributed by atoms with Crippen molar-refractivity contribution in [3.63, 3.8) is 0 Å². The van der Waals surface area contributed by atoms with Crippen LogP contribution in [0.3, 0.4) is 0 Å². The molecule has 4 atom stereocenters. The highest BCUT2D eigenvalue weighted by Gasteiger charge is 2.47. The number of rotatable bonds is 10. The molecular formula is C27H33Cl2NO6S. The highest BCUT2D eigenvalue weighted by molar-refractivity contribution is 7.92. The zero-order valence-electron chi connectivity index (χ0n) is 21.4. The molecule has 2 aromatic carbocycles. The van der Waals surface area contributed by atoms with Crippen LogP contribution in [0.25, 0.3) is 0 Å². The van der Waals surface area contributed by atoms with Gasteiger partial charge in [0.2, 0.25) is 0 Å². The van der Waals surface area contributed by atoms with Crippen LogP contribution in [0, 0.1) is 0 Å². The van der Waals surface area contributed by atoms with Gasteiger partial charge in [-0.05, 0) is 69.0 Å². The summed E-state index contributed by atoms with van der Waals surface area (Å²) in [6.45, 7) is 7.01. The molecule has 1 N–H and O–H groups in total. The van der Waals surface area contributed by atoms with Gasteiger partial charge in [0, 0.05) is 16.1 Å². The standard InChI is InChI=1S/C27H33Cl2NO6S/c1-5-27(3,4)37(34,35)14-13-17(2)30-24(18-9-11-20(28)12-10-18)25(19-7-6-8-21(29)15-19)36-22(26(30)33)16-23(31)32/h6-12,15,17,22,24-25H,5,13-14,16H2,1-4H3,(H,31,32)/t17-,22+,24+,25+/m0/s1. The number of carboxylic acid groups (broad SMARTS) is 1. The van der Waals surface area contributed by atoms with Crippen molar-refractivity contribution in [2.24, 2.45) is 0 Å². The van der Waals surface area contributed by atoms with Crippen molar-refractivity contribution in [3.8, 4) is 0 Å². The maximum absolute atomic E-state index is 13.7. The molecule has 0 radical (unpaired) electrons. The van der Waals surface area contributed by atoms with E-state index in [1.54, 1.807) is 68.1 Å². The van der Waals surface area contributed by atoms with Crippen LogP contribution in [0.5, 0.6) is 0 Å². The van der Waals surface area contributed by atoms with Gasteiger partial charge in [0.1, 0.15) is 12.2 Å². The highest BCUT2D eigenvalue weighted by atomic mass is 35.5. The topological polar surface area (TPSA) is 101 Å². The lowest BCUT2D eigenvalue weighted by Crippen LogP contribution is -2.55. The second kappa shape index (κ2) is 11.7. The number of aliphatic carboxylic acids is 1. The number of benzene rings is 2. The largest absolute Gasteiger partial charge is 0.481 e. The number of ether oxygens (including phenoxy) is 1.